The first kappa shape index (κ1) is 30.2. The zero-order valence-corrected chi connectivity index (χ0v) is 25.6. The minimum absolute atomic E-state index is 0.270. The van der Waals surface area contributed by atoms with E-state index in [-0.39, 0.29) is 11.8 Å². The number of nitrogens with zero attached hydrogens (tertiary/aromatic N) is 2. The first-order valence-electron chi connectivity index (χ1n) is 14.8. The van der Waals surface area contributed by atoms with Gasteiger partial charge in [-0.05, 0) is 104 Å². The van der Waals surface area contributed by atoms with Crippen molar-refractivity contribution >= 4 is 46.2 Å². The number of carbonyl (C=O) groups excluding carboxylic acids is 4. The van der Waals surface area contributed by atoms with Gasteiger partial charge in [0, 0.05) is 29.7 Å². The Labute approximate surface area is 251 Å². The third-order valence-electron chi connectivity index (χ3n) is 7.38. The van der Waals surface area contributed by atoms with Crippen molar-refractivity contribution in [3.05, 3.63) is 47.9 Å². The van der Waals surface area contributed by atoms with Gasteiger partial charge in [0.2, 0.25) is 11.8 Å². The molecule has 2 atom stereocenters. The van der Waals surface area contributed by atoms with E-state index in [2.05, 4.69) is 10.6 Å². The maximum Gasteiger partial charge on any atom is 0.410 e. The van der Waals surface area contributed by atoms with Crippen molar-refractivity contribution in [1.82, 2.24) is 15.1 Å². The molecule has 2 aromatic rings. The summed E-state index contributed by atoms with van der Waals surface area (Å²) < 4.78 is 17.0. The number of hydrogen-bond donors (Lipinski definition) is 2. The molecule has 2 N–H and O–H groups in total. The second-order valence-corrected chi connectivity index (χ2v) is 13.2. The van der Waals surface area contributed by atoms with E-state index in [9.17, 15) is 19.2 Å². The number of rotatable bonds is 5. The lowest BCUT2D eigenvalue weighted by atomic mass is 10.00. The van der Waals surface area contributed by atoms with Gasteiger partial charge in [-0.1, -0.05) is 0 Å². The maximum absolute atomic E-state index is 13.1. The molecular formula is C32H40N4O7. The van der Waals surface area contributed by atoms with Gasteiger partial charge in [0.05, 0.1) is 5.70 Å². The van der Waals surface area contributed by atoms with Crippen LogP contribution in [-0.4, -0.2) is 70.2 Å². The maximum atomic E-state index is 13.1. The molecule has 0 bridgehead atoms. The third kappa shape index (κ3) is 6.87. The fraction of sp³-hybridized carbons (Fsp3) is 0.500. The Morgan fingerprint density at radius 1 is 0.791 bits per heavy atom. The van der Waals surface area contributed by atoms with Crippen molar-refractivity contribution in [2.24, 2.45) is 0 Å². The number of furan rings is 1. The van der Waals surface area contributed by atoms with Crippen molar-refractivity contribution in [3.63, 3.8) is 0 Å². The van der Waals surface area contributed by atoms with E-state index in [0.29, 0.717) is 48.7 Å². The van der Waals surface area contributed by atoms with Crippen molar-refractivity contribution in [2.75, 3.05) is 18.4 Å². The number of nitrogens with one attached hydrogen (secondary N) is 2. The van der Waals surface area contributed by atoms with Gasteiger partial charge in [-0.25, -0.2) is 9.59 Å². The van der Waals surface area contributed by atoms with Gasteiger partial charge in [-0.2, -0.15) is 0 Å². The number of carbonyl (C=O) groups is 4. The number of hydrogen-bond acceptors (Lipinski definition) is 7. The van der Waals surface area contributed by atoms with E-state index in [1.54, 1.807) is 59.8 Å². The van der Waals surface area contributed by atoms with E-state index in [0.717, 1.165) is 23.8 Å². The summed E-state index contributed by atoms with van der Waals surface area (Å²) in [5.41, 5.74) is 1.25. The molecule has 230 valence electrons. The van der Waals surface area contributed by atoms with Crippen LogP contribution in [0.5, 0.6) is 0 Å². The Bertz CT molecular complexity index is 1510. The normalized spacial score (nSPS) is 20.3. The van der Waals surface area contributed by atoms with Crippen LogP contribution >= 0.6 is 0 Å². The molecule has 0 radical (unpaired) electrons. The molecule has 3 heterocycles. The van der Waals surface area contributed by atoms with Gasteiger partial charge >= 0.3 is 12.2 Å². The molecule has 0 unspecified atom stereocenters. The lowest BCUT2D eigenvalue weighted by Crippen LogP contribution is -2.47. The van der Waals surface area contributed by atoms with Crippen molar-refractivity contribution < 1.29 is 33.1 Å². The van der Waals surface area contributed by atoms with Crippen molar-refractivity contribution in [1.29, 1.82) is 0 Å². The number of anilines is 1. The van der Waals surface area contributed by atoms with Crippen LogP contribution in [0, 0.1) is 0 Å². The molecule has 5 rings (SSSR count). The Morgan fingerprint density at radius 3 is 1.86 bits per heavy atom. The van der Waals surface area contributed by atoms with Gasteiger partial charge in [-0.3, -0.25) is 19.4 Å². The number of ether oxygens (including phenoxy) is 2. The van der Waals surface area contributed by atoms with Gasteiger partial charge in [0.25, 0.3) is 0 Å². The molecule has 2 fully saturated rings. The lowest BCUT2D eigenvalue weighted by Gasteiger charge is -2.28. The first-order chi connectivity index (χ1) is 20.2. The predicted molar refractivity (Wildman–Crippen MR) is 161 cm³/mol. The highest BCUT2D eigenvalue weighted by atomic mass is 16.6. The summed E-state index contributed by atoms with van der Waals surface area (Å²) in [6.07, 6.45) is 5.23. The quantitative estimate of drug-likeness (QED) is 0.464. The molecule has 0 spiro atoms. The summed E-state index contributed by atoms with van der Waals surface area (Å²) in [5.74, 6) is 0.0284. The van der Waals surface area contributed by atoms with Gasteiger partial charge in [0.15, 0.2) is 0 Å². The highest BCUT2D eigenvalue weighted by molar-refractivity contribution is 5.99. The minimum atomic E-state index is -0.645. The van der Waals surface area contributed by atoms with Crippen LogP contribution in [0.25, 0.3) is 16.5 Å². The summed E-state index contributed by atoms with van der Waals surface area (Å²) in [7, 11) is 0. The standard InChI is InChI=1S/C32H40N4O7/c1-31(2,3)42-29(39)35-15-7-9-23(35)27(37)33-20-11-14-25-19(17-20)18-26(41-25)21-12-13-22(21)34-28(38)24-10-8-16-36(24)30(40)43-32(4,5)6/h11-14,17-18,23-24H,7-10,15-16H2,1-6H3,(H,33,37)(H,34,38)/t23-,24-/m0/s1. The topological polar surface area (TPSA) is 130 Å². The van der Waals surface area contributed by atoms with Gasteiger partial charge < -0.3 is 24.5 Å². The molecule has 2 saturated heterocycles. The van der Waals surface area contributed by atoms with Crippen molar-refractivity contribution in [3.8, 4) is 0 Å². The van der Waals surface area contributed by atoms with Gasteiger partial charge in [-0.15, -0.1) is 0 Å². The number of benzene rings is 1. The summed E-state index contributed by atoms with van der Waals surface area (Å²) in [4.78, 5) is 54.5. The zero-order chi connectivity index (χ0) is 31.1. The van der Waals surface area contributed by atoms with Crippen LogP contribution in [0.3, 0.4) is 0 Å². The summed E-state index contributed by atoms with van der Waals surface area (Å²) in [6, 6.07) is 5.97. The van der Waals surface area contributed by atoms with E-state index < -0.39 is 35.5 Å². The minimum Gasteiger partial charge on any atom is -0.456 e. The van der Waals surface area contributed by atoms with Crippen LogP contribution in [0.1, 0.15) is 73.0 Å². The number of likely N-dealkylation sites (tertiary alicyclic amines) is 2. The molecular weight excluding hydrogens is 552 g/mol. The third-order valence-corrected chi connectivity index (χ3v) is 7.38. The molecule has 3 aliphatic rings. The fourth-order valence-corrected chi connectivity index (χ4v) is 5.43. The highest BCUT2D eigenvalue weighted by Gasteiger charge is 2.38. The Balaban J connectivity index is 1.21. The van der Waals surface area contributed by atoms with Gasteiger partial charge in [0.1, 0.15) is 34.6 Å². The van der Waals surface area contributed by atoms with E-state index >= 15 is 0 Å². The monoisotopic (exact) mass is 592 g/mol. The SMILES string of the molecule is CC(C)(C)OC(=O)N1CCC[C@H]1C(=O)NC1=CC=C1c1cc2cc(NC(=O)[C@@H]3CCCN3C(=O)OC(C)(C)C)ccc2o1. The van der Waals surface area contributed by atoms with Crippen LogP contribution in [0.2, 0.25) is 0 Å². The molecule has 11 nitrogen and oxygen atoms in total. The second kappa shape index (κ2) is 11.4. The number of allylic oxidation sites excluding steroid dienone is 3. The summed E-state index contributed by atoms with van der Waals surface area (Å²) in [5, 5.41) is 6.64. The molecule has 1 aromatic carbocycles. The van der Waals surface area contributed by atoms with E-state index in [1.807, 2.05) is 18.2 Å². The predicted octanol–water partition coefficient (Wildman–Crippen LogP) is 5.57. The van der Waals surface area contributed by atoms with Crippen LogP contribution in [0.4, 0.5) is 15.3 Å². The van der Waals surface area contributed by atoms with E-state index in [4.69, 9.17) is 13.9 Å². The largest absolute Gasteiger partial charge is 0.456 e. The summed E-state index contributed by atoms with van der Waals surface area (Å²) in [6.45, 7) is 11.7. The Morgan fingerprint density at radius 2 is 1.35 bits per heavy atom. The molecule has 1 aliphatic carbocycles. The molecule has 43 heavy (non-hydrogen) atoms. The van der Waals surface area contributed by atoms with Crippen LogP contribution in [0.15, 0.2) is 46.5 Å². The Kier molecular flexibility index (Phi) is 8.02. The zero-order valence-electron chi connectivity index (χ0n) is 25.6. The average molecular weight is 593 g/mol. The first-order valence-corrected chi connectivity index (χ1v) is 14.8. The smallest absolute Gasteiger partial charge is 0.410 e. The molecule has 4 amide bonds. The molecule has 1 aromatic heterocycles. The fourth-order valence-electron chi connectivity index (χ4n) is 5.43. The lowest BCUT2D eigenvalue weighted by molar-refractivity contribution is -0.124. The number of fused-ring (bicyclic) bond motifs is 1. The van der Waals surface area contributed by atoms with Crippen molar-refractivity contribution in [2.45, 2.75) is 90.5 Å². The molecule has 0 saturated carbocycles. The second-order valence-electron chi connectivity index (χ2n) is 13.2. The average Bonchev–Trinajstić information content (AvgIpc) is 3.63. The summed E-state index contributed by atoms with van der Waals surface area (Å²) >= 11 is 0. The molecule has 11 heteroatoms. The van der Waals surface area contributed by atoms with E-state index in [1.165, 1.54) is 9.80 Å². The molecule has 2 aliphatic heterocycles. The van der Waals surface area contributed by atoms with Crippen LogP contribution in [-0.2, 0) is 19.1 Å². The Hall–Kier alpha value is -4.28. The van der Waals surface area contributed by atoms with Crippen LogP contribution < -0.4 is 10.6 Å². The number of amides is 4. The highest BCUT2D eigenvalue weighted by Crippen LogP contribution is 2.34.